The van der Waals surface area contributed by atoms with Crippen molar-refractivity contribution in [1.29, 1.82) is 0 Å². The van der Waals surface area contributed by atoms with Crippen LogP contribution in [-0.4, -0.2) is 53.2 Å². The first kappa shape index (κ1) is 15.7. The maximum Gasteiger partial charge on any atom is 0.314 e. The minimum atomic E-state index is -0.409. The molecule has 1 aliphatic rings. The lowest BCUT2D eigenvalue weighted by Crippen LogP contribution is -2.53. The number of nitrogens with two attached hydrogens (primary N) is 1. The van der Waals surface area contributed by atoms with E-state index in [-0.39, 0.29) is 11.2 Å². The molecule has 5 nitrogen and oxygen atoms in total. The molecule has 0 aromatic heterocycles. The van der Waals surface area contributed by atoms with Gasteiger partial charge in [-0.05, 0) is 18.6 Å². The fourth-order valence-electron chi connectivity index (χ4n) is 2.32. The molecule has 1 heterocycles. The van der Waals surface area contributed by atoms with E-state index in [0.29, 0.717) is 26.2 Å². The van der Waals surface area contributed by atoms with Crippen LogP contribution < -0.4 is 5.73 Å². The van der Waals surface area contributed by atoms with Gasteiger partial charge in [0, 0.05) is 31.1 Å². The van der Waals surface area contributed by atoms with Crippen molar-refractivity contribution < 1.29 is 9.59 Å². The summed E-state index contributed by atoms with van der Waals surface area (Å²) >= 11 is 1.60. The van der Waals surface area contributed by atoms with Gasteiger partial charge in [-0.3, -0.25) is 4.79 Å². The van der Waals surface area contributed by atoms with Gasteiger partial charge in [0.05, 0.1) is 5.25 Å². The second kappa shape index (κ2) is 7.36. The molecule has 6 heteroatoms. The molecule has 1 fully saturated rings. The number of amides is 3. The highest BCUT2D eigenvalue weighted by Gasteiger charge is 2.27. The summed E-state index contributed by atoms with van der Waals surface area (Å²) in [4.78, 5) is 28.2. The molecule has 1 aromatic rings. The number of piperazine rings is 1. The zero-order valence-corrected chi connectivity index (χ0v) is 13.0. The topological polar surface area (TPSA) is 66.6 Å². The quantitative estimate of drug-likeness (QED) is 0.862. The highest BCUT2D eigenvalue weighted by atomic mass is 32.2. The van der Waals surface area contributed by atoms with Crippen LogP contribution in [0.15, 0.2) is 35.2 Å². The number of thioether (sulfide) groups is 1. The molecule has 1 unspecified atom stereocenters. The molecule has 1 aromatic carbocycles. The Hall–Kier alpha value is -1.69. The van der Waals surface area contributed by atoms with E-state index in [2.05, 4.69) is 0 Å². The Kier molecular flexibility index (Phi) is 5.50. The first-order valence-electron chi connectivity index (χ1n) is 7.16. The Morgan fingerprint density at radius 2 is 1.71 bits per heavy atom. The summed E-state index contributed by atoms with van der Waals surface area (Å²) in [7, 11) is 0. The van der Waals surface area contributed by atoms with Crippen molar-refractivity contribution in [2.75, 3.05) is 26.2 Å². The van der Waals surface area contributed by atoms with Gasteiger partial charge in [0.25, 0.3) is 0 Å². The van der Waals surface area contributed by atoms with E-state index in [4.69, 9.17) is 5.73 Å². The molecule has 1 saturated heterocycles. The lowest BCUT2D eigenvalue weighted by molar-refractivity contribution is -0.132. The third-order valence-corrected chi connectivity index (χ3v) is 4.93. The van der Waals surface area contributed by atoms with Gasteiger partial charge < -0.3 is 15.5 Å². The number of primary amides is 1. The molecule has 0 saturated carbocycles. The van der Waals surface area contributed by atoms with E-state index in [0.717, 1.165) is 11.3 Å². The zero-order chi connectivity index (χ0) is 15.2. The van der Waals surface area contributed by atoms with Crippen molar-refractivity contribution in [2.24, 2.45) is 5.73 Å². The lowest BCUT2D eigenvalue weighted by atomic mass is 10.2. The highest BCUT2D eigenvalue weighted by molar-refractivity contribution is 8.00. The van der Waals surface area contributed by atoms with E-state index in [1.54, 1.807) is 16.7 Å². The van der Waals surface area contributed by atoms with Crippen LogP contribution in [0.2, 0.25) is 0 Å². The summed E-state index contributed by atoms with van der Waals surface area (Å²) in [6, 6.07) is 9.55. The molecule has 0 spiro atoms. The second-order valence-electron chi connectivity index (χ2n) is 4.98. The molecule has 0 aliphatic carbocycles. The minimum Gasteiger partial charge on any atom is -0.351 e. The molecule has 3 amide bonds. The lowest BCUT2D eigenvalue weighted by Gasteiger charge is -2.35. The van der Waals surface area contributed by atoms with Crippen molar-refractivity contribution >= 4 is 23.7 Å². The van der Waals surface area contributed by atoms with Crippen molar-refractivity contribution in [3.8, 4) is 0 Å². The zero-order valence-electron chi connectivity index (χ0n) is 12.2. The Balaban J connectivity index is 1.93. The van der Waals surface area contributed by atoms with E-state index in [1.807, 2.05) is 42.2 Å². The smallest absolute Gasteiger partial charge is 0.314 e. The van der Waals surface area contributed by atoms with Gasteiger partial charge in [0.15, 0.2) is 0 Å². The van der Waals surface area contributed by atoms with Crippen LogP contribution in [0.1, 0.15) is 13.3 Å². The minimum absolute atomic E-state index is 0.0764. The Bertz CT molecular complexity index is 487. The van der Waals surface area contributed by atoms with Crippen LogP contribution in [-0.2, 0) is 4.79 Å². The molecule has 0 bridgehead atoms. The first-order valence-corrected chi connectivity index (χ1v) is 8.04. The number of carbonyl (C=O) groups is 2. The maximum absolute atomic E-state index is 12.6. The van der Waals surface area contributed by atoms with Crippen molar-refractivity contribution in [3.63, 3.8) is 0 Å². The molecular weight excluding hydrogens is 286 g/mol. The summed E-state index contributed by atoms with van der Waals surface area (Å²) in [5.41, 5.74) is 5.26. The first-order chi connectivity index (χ1) is 10.1. The molecule has 21 heavy (non-hydrogen) atoms. The summed E-state index contributed by atoms with van der Waals surface area (Å²) < 4.78 is 0. The second-order valence-corrected chi connectivity index (χ2v) is 6.25. The SMILES string of the molecule is CCC(Sc1ccccc1)C(=O)N1CCN(C(N)=O)CC1. The van der Waals surface area contributed by atoms with Gasteiger partial charge >= 0.3 is 6.03 Å². The van der Waals surface area contributed by atoms with E-state index in [9.17, 15) is 9.59 Å². The molecule has 0 radical (unpaired) electrons. The van der Waals surface area contributed by atoms with Gasteiger partial charge in [-0.15, -0.1) is 11.8 Å². The number of urea groups is 1. The fraction of sp³-hybridized carbons (Fsp3) is 0.467. The molecule has 1 atom stereocenters. The molecule has 2 N–H and O–H groups in total. The standard InChI is InChI=1S/C15H21N3O2S/c1-2-13(21-12-6-4-3-5-7-12)14(19)17-8-10-18(11-9-17)15(16)20/h3-7,13H,2,8-11H2,1H3,(H2,16,20). The van der Waals surface area contributed by atoms with Crippen molar-refractivity contribution in [3.05, 3.63) is 30.3 Å². The third-order valence-electron chi connectivity index (χ3n) is 3.57. The van der Waals surface area contributed by atoms with Gasteiger partial charge in [0.2, 0.25) is 5.91 Å². The maximum atomic E-state index is 12.6. The largest absolute Gasteiger partial charge is 0.351 e. The van der Waals surface area contributed by atoms with E-state index in [1.165, 1.54) is 0 Å². The number of nitrogens with zero attached hydrogens (tertiary/aromatic N) is 2. The van der Waals surface area contributed by atoms with Crippen molar-refractivity contribution in [2.45, 2.75) is 23.5 Å². The van der Waals surface area contributed by atoms with E-state index >= 15 is 0 Å². The summed E-state index contributed by atoms with van der Waals surface area (Å²) in [5.74, 6) is 0.149. The monoisotopic (exact) mass is 307 g/mol. The predicted octanol–water partition coefficient (Wildman–Crippen LogP) is 1.78. The van der Waals surface area contributed by atoms with Gasteiger partial charge in [-0.2, -0.15) is 0 Å². The Morgan fingerprint density at radius 1 is 1.14 bits per heavy atom. The van der Waals surface area contributed by atoms with E-state index < -0.39 is 6.03 Å². The average molecular weight is 307 g/mol. The molecule has 1 aliphatic heterocycles. The summed E-state index contributed by atoms with van der Waals surface area (Å²) in [6.07, 6.45) is 0.786. The van der Waals surface area contributed by atoms with Crippen LogP contribution >= 0.6 is 11.8 Å². The normalized spacial score (nSPS) is 16.6. The Morgan fingerprint density at radius 3 is 2.24 bits per heavy atom. The molecular formula is C15H21N3O2S. The van der Waals surface area contributed by atoms with Crippen molar-refractivity contribution in [1.82, 2.24) is 9.80 Å². The van der Waals surface area contributed by atoms with Crippen LogP contribution in [0.25, 0.3) is 0 Å². The third kappa shape index (κ3) is 4.14. The van der Waals surface area contributed by atoms with Crippen LogP contribution in [0, 0.1) is 0 Å². The Labute approximate surface area is 129 Å². The summed E-state index contributed by atoms with van der Waals surface area (Å²) in [5, 5.41) is -0.0764. The summed E-state index contributed by atoms with van der Waals surface area (Å²) in [6.45, 7) is 4.19. The highest BCUT2D eigenvalue weighted by Crippen LogP contribution is 2.26. The number of hydrogen-bond acceptors (Lipinski definition) is 3. The number of benzene rings is 1. The van der Waals surface area contributed by atoms with Gasteiger partial charge in [0.1, 0.15) is 0 Å². The average Bonchev–Trinajstić information content (AvgIpc) is 2.53. The van der Waals surface area contributed by atoms with Crippen LogP contribution in [0.4, 0.5) is 4.79 Å². The number of hydrogen-bond donors (Lipinski definition) is 1. The number of carbonyl (C=O) groups excluding carboxylic acids is 2. The number of rotatable bonds is 4. The fourth-order valence-corrected chi connectivity index (χ4v) is 3.38. The predicted molar refractivity (Wildman–Crippen MR) is 84.1 cm³/mol. The molecule has 2 rings (SSSR count). The van der Waals surface area contributed by atoms with Gasteiger partial charge in [-0.1, -0.05) is 25.1 Å². The van der Waals surface area contributed by atoms with Crippen LogP contribution in [0.5, 0.6) is 0 Å². The molecule has 114 valence electrons. The van der Waals surface area contributed by atoms with Gasteiger partial charge in [-0.25, -0.2) is 4.79 Å². The van der Waals surface area contributed by atoms with Crippen LogP contribution in [0.3, 0.4) is 0 Å².